The van der Waals surface area contributed by atoms with E-state index in [-0.39, 0.29) is 0 Å². The van der Waals surface area contributed by atoms with Crippen LogP contribution in [0.4, 0.5) is 0 Å². The van der Waals surface area contributed by atoms with Crippen molar-refractivity contribution in [1.82, 2.24) is 4.98 Å². The Balaban J connectivity index is 2.17. The fourth-order valence-electron chi connectivity index (χ4n) is 3.35. The van der Waals surface area contributed by atoms with Crippen LogP contribution in [0.15, 0.2) is 79.0 Å². The molecule has 0 aliphatic carbocycles. The Hall–Kier alpha value is -3.19. The zero-order valence-corrected chi connectivity index (χ0v) is 14.2. The van der Waals surface area contributed by atoms with Crippen LogP contribution in [0.25, 0.3) is 45.5 Å². The highest BCUT2D eigenvalue weighted by Gasteiger charge is 2.07. The lowest BCUT2D eigenvalue weighted by molar-refractivity contribution is 1.40. The Bertz CT molecular complexity index is 1200. The highest BCUT2D eigenvalue weighted by Crippen LogP contribution is 2.25. The molecule has 0 amide bonds. The van der Waals surface area contributed by atoms with Gasteiger partial charge in [-0.05, 0) is 46.2 Å². The van der Waals surface area contributed by atoms with Crippen molar-refractivity contribution in [2.24, 2.45) is 0 Å². The number of aromatic nitrogens is 1. The predicted molar refractivity (Wildman–Crippen MR) is 109 cm³/mol. The van der Waals surface area contributed by atoms with E-state index in [2.05, 4.69) is 72.2 Å². The van der Waals surface area contributed by atoms with E-state index < -0.39 is 0 Å². The number of nitrogens with zero attached hydrogens (tertiary/aromatic N) is 1. The van der Waals surface area contributed by atoms with Crippen molar-refractivity contribution in [3.63, 3.8) is 0 Å². The van der Waals surface area contributed by atoms with Gasteiger partial charge in [-0.25, -0.2) is 0 Å². The van der Waals surface area contributed by atoms with Crippen molar-refractivity contribution in [2.45, 2.75) is 6.92 Å². The van der Waals surface area contributed by atoms with Crippen molar-refractivity contribution < 1.29 is 0 Å². The van der Waals surface area contributed by atoms with Gasteiger partial charge in [-0.3, -0.25) is 4.98 Å². The van der Waals surface area contributed by atoms with Gasteiger partial charge in [-0.15, -0.1) is 0 Å². The van der Waals surface area contributed by atoms with E-state index in [0.717, 1.165) is 21.3 Å². The van der Waals surface area contributed by atoms with Crippen LogP contribution in [0, 0.1) is 0 Å². The summed E-state index contributed by atoms with van der Waals surface area (Å²) in [4.78, 5) is 4.57. The van der Waals surface area contributed by atoms with Crippen molar-refractivity contribution in [1.29, 1.82) is 0 Å². The first-order chi connectivity index (χ1) is 12.3. The van der Waals surface area contributed by atoms with Crippen molar-refractivity contribution in [3.8, 4) is 11.1 Å². The lowest BCUT2D eigenvalue weighted by atomic mass is 9.96. The average molecular weight is 321 g/mol. The molecule has 0 N–H and O–H groups in total. The highest BCUT2D eigenvalue weighted by atomic mass is 14.6. The van der Waals surface area contributed by atoms with Crippen LogP contribution < -0.4 is 10.4 Å². The lowest BCUT2D eigenvalue weighted by Crippen LogP contribution is -2.25. The number of pyridine rings is 1. The molecule has 0 unspecified atom stereocenters. The van der Waals surface area contributed by atoms with Gasteiger partial charge in [0.25, 0.3) is 0 Å². The average Bonchev–Trinajstić information content (AvgIpc) is 2.68. The molecule has 1 heteroatoms. The number of hydrogen-bond acceptors (Lipinski definition) is 1. The summed E-state index contributed by atoms with van der Waals surface area (Å²) in [5, 5.41) is 5.69. The zero-order chi connectivity index (χ0) is 17.2. The Labute approximate surface area is 147 Å². The van der Waals surface area contributed by atoms with Gasteiger partial charge < -0.3 is 0 Å². The minimum Gasteiger partial charge on any atom is -0.256 e. The first-order valence-electron chi connectivity index (χ1n) is 8.47. The van der Waals surface area contributed by atoms with Gasteiger partial charge >= 0.3 is 0 Å². The molecule has 0 aliphatic rings. The van der Waals surface area contributed by atoms with E-state index in [4.69, 9.17) is 0 Å². The summed E-state index contributed by atoms with van der Waals surface area (Å²) in [6, 6.07) is 21.2. The molecule has 0 spiro atoms. The van der Waals surface area contributed by atoms with Crippen LogP contribution in [-0.4, -0.2) is 4.98 Å². The third-order valence-electron chi connectivity index (χ3n) is 4.58. The van der Waals surface area contributed by atoms with Crippen LogP contribution in [0.5, 0.6) is 0 Å². The maximum absolute atomic E-state index is 4.57. The van der Waals surface area contributed by atoms with Gasteiger partial charge in [0.05, 0.1) is 5.52 Å². The van der Waals surface area contributed by atoms with Crippen LogP contribution in [-0.2, 0) is 0 Å². The fourth-order valence-corrected chi connectivity index (χ4v) is 3.35. The van der Waals surface area contributed by atoms with Crippen molar-refractivity contribution >= 4 is 34.3 Å². The second kappa shape index (κ2) is 6.37. The van der Waals surface area contributed by atoms with Gasteiger partial charge in [0.1, 0.15) is 0 Å². The van der Waals surface area contributed by atoms with E-state index in [1.165, 1.54) is 21.9 Å². The number of hydrogen-bond donors (Lipinski definition) is 0. The van der Waals surface area contributed by atoms with E-state index in [0.29, 0.717) is 0 Å². The molecule has 1 aromatic heterocycles. The molecule has 0 fully saturated rings. The van der Waals surface area contributed by atoms with Crippen LogP contribution in [0.3, 0.4) is 0 Å². The number of allylic oxidation sites excluding steroid dienone is 2. The predicted octanol–water partition coefficient (Wildman–Crippen LogP) is 4.82. The van der Waals surface area contributed by atoms with Gasteiger partial charge in [-0.1, -0.05) is 73.3 Å². The molecule has 0 bridgehead atoms. The first-order valence-corrected chi connectivity index (χ1v) is 8.47. The summed E-state index contributed by atoms with van der Waals surface area (Å²) in [5.74, 6) is 0. The van der Waals surface area contributed by atoms with Gasteiger partial charge in [0, 0.05) is 16.8 Å². The van der Waals surface area contributed by atoms with E-state index in [1.807, 2.05) is 31.3 Å². The molecule has 0 radical (unpaired) electrons. The van der Waals surface area contributed by atoms with E-state index in [1.54, 1.807) is 0 Å². The second-order valence-electron chi connectivity index (χ2n) is 6.11. The standard InChI is InChI=1S/C24H19N/c1-3-4-11-20-17(2)24-22(12-8-15-25-24)21-14-13-19(16-23(20)21)18-9-6-5-7-10-18/h3-16H,2H2,1H3/b4-3-,20-11+. The third kappa shape index (κ3) is 2.64. The summed E-state index contributed by atoms with van der Waals surface area (Å²) in [5.41, 5.74) is 3.40. The molecule has 0 aliphatic heterocycles. The first kappa shape index (κ1) is 15.3. The van der Waals surface area contributed by atoms with Crippen LogP contribution >= 0.6 is 0 Å². The van der Waals surface area contributed by atoms with E-state index >= 15 is 0 Å². The molecule has 0 atom stereocenters. The van der Waals surface area contributed by atoms with Crippen molar-refractivity contribution in [2.75, 3.05) is 0 Å². The molecule has 3 aromatic carbocycles. The molecule has 1 heterocycles. The largest absolute Gasteiger partial charge is 0.256 e. The van der Waals surface area contributed by atoms with E-state index in [9.17, 15) is 0 Å². The number of benzene rings is 3. The maximum atomic E-state index is 4.57. The third-order valence-corrected chi connectivity index (χ3v) is 4.58. The molecular formula is C24H19N. The molecule has 120 valence electrons. The Morgan fingerprint density at radius 3 is 2.48 bits per heavy atom. The minimum absolute atomic E-state index is 0.971. The van der Waals surface area contributed by atoms with Gasteiger partial charge in [-0.2, -0.15) is 0 Å². The zero-order valence-electron chi connectivity index (χ0n) is 14.2. The molecule has 0 saturated heterocycles. The summed E-state index contributed by atoms with van der Waals surface area (Å²) >= 11 is 0. The summed E-state index contributed by atoms with van der Waals surface area (Å²) in [7, 11) is 0. The monoisotopic (exact) mass is 321 g/mol. The molecule has 0 saturated carbocycles. The Morgan fingerprint density at radius 2 is 1.68 bits per heavy atom. The number of rotatable bonds is 2. The minimum atomic E-state index is 0.971. The quantitative estimate of drug-likeness (QED) is 0.482. The summed E-state index contributed by atoms with van der Waals surface area (Å²) in [6.45, 7) is 6.35. The molecule has 4 rings (SSSR count). The van der Waals surface area contributed by atoms with Crippen molar-refractivity contribution in [3.05, 3.63) is 89.4 Å². The Kier molecular flexibility index (Phi) is 3.91. The molecule has 25 heavy (non-hydrogen) atoms. The van der Waals surface area contributed by atoms with Crippen LogP contribution in [0.2, 0.25) is 0 Å². The lowest BCUT2D eigenvalue weighted by Gasteiger charge is -2.09. The Morgan fingerprint density at radius 1 is 0.840 bits per heavy atom. The molecular weight excluding hydrogens is 302 g/mol. The van der Waals surface area contributed by atoms with Gasteiger partial charge in [0.15, 0.2) is 0 Å². The fraction of sp³-hybridized carbons (Fsp3) is 0.0417. The normalized spacial score (nSPS) is 12.4. The molecule has 1 nitrogen and oxygen atoms in total. The molecule has 4 aromatic rings. The van der Waals surface area contributed by atoms with Crippen LogP contribution in [0.1, 0.15) is 6.92 Å². The summed E-state index contributed by atoms with van der Waals surface area (Å²) in [6.07, 6.45) is 8.07. The summed E-state index contributed by atoms with van der Waals surface area (Å²) < 4.78 is 0. The second-order valence-corrected chi connectivity index (χ2v) is 6.11. The topological polar surface area (TPSA) is 12.9 Å². The van der Waals surface area contributed by atoms with Gasteiger partial charge in [0.2, 0.25) is 0 Å². The number of fused-ring (bicyclic) bond motifs is 3. The highest BCUT2D eigenvalue weighted by molar-refractivity contribution is 6.07. The smallest absolute Gasteiger partial charge is 0.0780 e. The maximum Gasteiger partial charge on any atom is 0.0780 e. The SMILES string of the molecule is C=c1/c(=C\C=C/C)c2cc(-c3ccccc3)ccc2c2cccnc12.